The lowest BCUT2D eigenvalue weighted by Crippen LogP contribution is -2.04. The summed E-state index contributed by atoms with van der Waals surface area (Å²) in [6.45, 7) is 0. The molecular formula is C17H16O2. The summed E-state index contributed by atoms with van der Waals surface area (Å²) in [7, 11) is 0. The number of carbonyl (C=O) groups is 1. The molecule has 0 fully saturated rings. The standard InChI is InChI=1S/C17H16O2/c18-17(19)14-7-5-12(6-8-14)9-13-10-15-3-1-2-4-16(15)11-13/h1-8,13H,9-11H2,(H,18,19). The van der Waals surface area contributed by atoms with Gasteiger partial charge in [0.2, 0.25) is 0 Å². The summed E-state index contributed by atoms with van der Waals surface area (Å²) in [5.41, 5.74) is 4.52. The van der Waals surface area contributed by atoms with Crippen LogP contribution < -0.4 is 0 Å². The van der Waals surface area contributed by atoms with Crippen LogP contribution in [0.4, 0.5) is 0 Å². The van der Waals surface area contributed by atoms with Crippen molar-refractivity contribution < 1.29 is 9.90 Å². The van der Waals surface area contributed by atoms with Gasteiger partial charge >= 0.3 is 5.97 Å². The molecule has 3 rings (SSSR count). The first-order valence-corrected chi connectivity index (χ1v) is 6.61. The lowest BCUT2D eigenvalue weighted by atomic mass is 9.96. The number of aromatic carboxylic acids is 1. The van der Waals surface area contributed by atoms with Gasteiger partial charge in [-0.15, -0.1) is 0 Å². The molecule has 0 aliphatic heterocycles. The number of rotatable bonds is 3. The van der Waals surface area contributed by atoms with E-state index in [9.17, 15) is 4.79 Å². The number of hydrogen-bond donors (Lipinski definition) is 1. The van der Waals surface area contributed by atoms with E-state index < -0.39 is 5.97 Å². The highest BCUT2D eigenvalue weighted by atomic mass is 16.4. The fourth-order valence-electron chi connectivity index (χ4n) is 2.91. The van der Waals surface area contributed by atoms with Gasteiger partial charge in [0.1, 0.15) is 0 Å². The van der Waals surface area contributed by atoms with Gasteiger partial charge in [0.25, 0.3) is 0 Å². The third-order valence-corrected chi connectivity index (χ3v) is 3.86. The minimum atomic E-state index is -0.861. The van der Waals surface area contributed by atoms with Crippen molar-refractivity contribution in [3.05, 3.63) is 70.8 Å². The third-order valence-electron chi connectivity index (χ3n) is 3.86. The first kappa shape index (κ1) is 12.0. The number of carboxylic acids is 1. The predicted molar refractivity (Wildman–Crippen MR) is 74.4 cm³/mol. The van der Waals surface area contributed by atoms with Crippen molar-refractivity contribution in [1.82, 2.24) is 0 Å². The molecule has 0 saturated heterocycles. The Morgan fingerprint density at radius 2 is 1.58 bits per heavy atom. The minimum Gasteiger partial charge on any atom is -0.478 e. The van der Waals surface area contributed by atoms with Crippen molar-refractivity contribution in [3.8, 4) is 0 Å². The molecule has 2 aromatic rings. The lowest BCUT2D eigenvalue weighted by molar-refractivity contribution is 0.0697. The van der Waals surface area contributed by atoms with Gasteiger partial charge in [0, 0.05) is 0 Å². The van der Waals surface area contributed by atoms with Crippen LogP contribution in [0.1, 0.15) is 27.0 Å². The van der Waals surface area contributed by atoms with Gasteiger partial charge in [0.05, 0.1) is 5.56 Å². The Balaban J connectivity index is 1.69. The molecule has 0 heterocycles. The highest BCUT2D eigenvalue weighted by molar-refractivity contribution is 5.87. The smallest absolute Gasteiger partial charge is 0.335 e. The van der Waals surface area contributed by atoms with Crippen molar-refractivity contribution in [1.29, 1.82) is 0 Å². The molecule has 0 atom stereocenters. The van der Waals surface area contributed by atoms with Gasteiger partial charge in [-0.2, -0.15) is 0 Å². The van der Waals surface area contributed by atoms with E-state index in [1.54, 1.807) is 12.1 Å². The second-order valence-electron chi connectivity index (χ2n) is 5.25. The number of benzene rings is 2. The van der Waals surface area contributed by atoms with Crippen LogP contribution in [0.5, 0.6) is 0 Å². The van der Waals surface area contributed by atoms with E-state index in [-0.39, 0.29) is 0 Å². The van der Waals surface area contributed by atoms with Gasteiger partial charge in [-0.1, -0.05) is 36.4 Å². The quantitative estimate of drug-likeness (QED) is 0.909. The normalized spacial score (nSPS) is 14.3. The highest BCUT2D eigenvalue weighted by Gasteiger charge is 2.20. The molecule has 2 aromatic carbocycles. The van der Waals surface area contributed by atoms with Crippen LogP contribution in [0.2, 0.25) is 0 Å². The first-order chi connectivity index (χ1) is 9.22. The Morgan fingerprint density at radius 3 is 2.11 bits per heavy atom. The van der Waals surface area contributed by atoms with Gasteiger partial charge < -0.3 is 5.11 Å². The van der Waals surface area contributed by atoms with E-state index in [2.05, 4.69) is 24.3 Å². The summed E-state index contributed by atoms with van der Waals surface area (Å²) in [5.74, 6) is -0.215. The molecular weight excluding hydrogens is 236 g/mol. The van der Waals surface area contributed by atoms with Crippen molar-refractivity contribution in [3.63, 3.8) is 0 Å². The van der Waals surface area contributed by atoms with Crippen LogP contribution in [0, 0.1) is 5.92 Å². The zero-order chi connectivity index (χ0) is 13.2. The zero-order valence-electron chi connectivity index (χ0n) is 10.7. The number of fused-ring (bicyclic) bond motifs is 1. The van der Waals surface area contributed by atoms with Gasteiger partial charge in [-0.25, -0.2) is 4.79 Å². The zero-order valence-corrected chi connectivity index (χ0v) is 10.7. The van der Waals surface area contributed by atoms with Crippen molar-refractivity contribution in [2.24, 2.45) is 5.92 Å². The second-order valence-corrected chi connectivity index (χ2v) is 5.25. The summed E-state index contributed by atoms with van der Waals surface area (Å²) >= 11 is 0. The van der Waals surface area contributed by atoms with Crippen LogP contribution in [-0.4, -0.2) is 11.1 Å². The average Bonchev–Trinajstić information content (AvgIpc) is 2.81. The first-order valence-electron chi connectivity index (χ1n) is 6.61. The molecule has 0 spiro atoms. The molecule has 0 saturated carbocycles. The van der Waals surface area contributed by atoms with Crippen molar-refractivity contribution in [2.75, 3.05) is 0 Å². The van der Waals surface area contributed by atoms with Crippen molar-refractivity contribution in [2.45, 2.75) is 19.3 Å². The second kappa shape index (κ2) is 4.88. The van der Waals surface area contributed by atoms with Crippen LogP contribution in [0.3, 0.4) is 0 Å². The van der Waals surface area contributed by atoms with E-state index in [0.29, 0.717) is 11.5 Å². The van der Waals surface area contributed by atoms with E-state index in [1.807, 2.05) is 12.1 Å². The van der Waals surface area contributed by atoms with Crippen LogP contribution in [-0.2, 0) is 19.3 Å². The minimum absolute atomic E-state index is 0.360. The van der Waals surface area contributed by atoms with E-state index in [4.69, 9.17) is 5.11 Å². The molecule has 96 valence electrons. The average molecular weight is 252 g/mol. The Bertz CT molecular complexity index is 574. The fourth-order valence-corrected chi connectivity index (χ4v) is 2.91. The van der Waals surface area contributed by atoms with Crippen LogP contribution in [0.15, 0.2) is 48.5 Å². The summed E-state index contributed by atoms with van der Waals surface area (Å²) in [6, 6.07) is 15.9. The fraction of sp³-hybridized carbons (Fsp3) is 0.235. The molecule has 2 nitrogen and oxygen atoms in total. The summed E-state index contributed by atoms with van der Waals surface area (Å²) in [4.78, 5) is 10.8. The van der Waals surface area contributed by atoms with E-state index >= 15 is 0 Å². The summed E-state index contributed by atoms with van der Waals surface area (Å²) < 4.78 is 0. The number of carboxylic acid groups (broad SMARTS) is 1. The molecule has 0 aromatic heterocycles. The molecule has 0 bridgehead atoms. The largest absolute Gasteiger partial charge is 0.478 e. The molecule has 19 heavy (non-hydrogen) atoms. The predicted octanol–water partition coefficient (Wildman–Crippen LogP) is 3.34. The molecule has 1 N–H and O–H groups in total. The molecule has 0 amide bonds. The van der Waals surface area contributed by atoms with E-state index in [0.717, 1.165) is 19.3 Å². The lowest BCUT2D eigenvalue weighted by Gasteiger charge is -2.09. The maximum Gasteiger partial charge on any atom is 0.335 e. The monoisotopic (exact) mass is 252 g/mol. The molecule has 0 radical (unpaired) electrons. The number of hydrogen-bond acceptors (Lipinski definition) is 1. The van der Waals surface area contributed by atoms with E-state index in [1.165, 1.54) is 16.7 Å². The van der Waals surface area contributed by atoms with Crippen molar-refractivity contribution >= 4 is 5.97 Å². The summed E-state index contributed by atoms with van der Waals surface area (Å²) in [6.07, 6.45) is 3.29. The highest BCUT2D eigenvalue weighted by Crippen LogP contribution is 2.28. The molecule has 1 aliphatic rings. The maximum absolute atomic E-state index is 10.8. The van der Waals surface area contributed by atoms with Crippen LogP contribution >= 0.6 is 0 Å². The maximum atomic E-state index is 10.8. The third kappa shape index (κ3) is 2.53. The summed E-state index contributed by atoms with van der Waals surface area (Å²) in [5, 5.41) is 8.88. The topological polar surface area (TPSA) is 37.3 Å². The van der Waals surface area contributed by atoms with Gasteiger partial charge in [0.15, 0.2) is 0 Å². The molecule has 2 heteroatoms. The Labute approximate surface area is 112 Å². The Hall–Kier alpha value is -2.09. The molecule has 0 unspecified atom stereocenters. The Kier molecular flexibility index (Phi) is 3.08. The SMILES string of the molecule is O=C(O)c1ccc(CC2Cc3ccccc3C2)cc1. The van der Waals surface area contributed by atoms with Gasteiger partial charge in [-0.3, -0.25) is 0 Å². The van der Waals surface area contributed by atoms with Gasteiger partial charge in [-0.05, 0) is 54.0 Å². The molecule has 1 aliphatic carbocycles. The van der Waals surface area contributed by atoms with Crippen LogP contribution in [0.25, 0.3) is 0 Å². The Morgan fingerprint density at radius 1 is 1.00 bits per heavy atom.